The van der Waals surface area contributed by atoms with E-state index in [0.717, 1.165) is 0 Å². The number of ether oxygens (including phenoxy) is 1. The number of carbonyl (C=O) groups is 2. The predicted molar refractivity (Wildman–Crippen MR) is 78.3 cm³/mol. The predicted octanol–water partition coefficient (Wildman–Crippen LogP) is 0.722. The highest BCUT2D eigenvalue weighted by Crippen LogP contribution is 2.34. The van der Waals surface area contributed by atoms with Crippen LogP contribution in [0.15, 0.2) is 0 Å². The number of aliphatic carboxylic acids is 1. The molecular formula is C14H24F2N2O6. The zero-order valence-electron chi connectivity index (χ0n) is 13.8. The molecule has 0 aromatic carbocycles. The van der Waals surface area contributed by atoms with Crippen molar-refractivity contribution in [3.63, 3.8) is 0 Å². The average molecular weight is 354 g/mol. The van der Waals surface area contributed by atoms with Crippen molar-refractivity contribution in [3.8, 4) is 0 Å². The number of hydrogen-bond acceptors (Lipinski definition) is 6. The smallest absolute Gasteiger partial charge is 0.407 e. The van der Waals surface area contributed by atoms with Gasteiger partial charge in [-0.1, -0.05) is 0 Å². The monoisotopic (exact) mass is 354 g/mol. The number of nitrogens with one attached hydrogen (secondary N) is 1. The number of likely N-dealkylation sites (tertiary alicyclic amines) is 1. The van der Waals surface area contributed by atoms with E-state index in [2.05, 4.69) is 5.32 Å². The molecule has 0 radical (unpaired) electrons. The quantitative estimate of drug-likeness (QED) is 0.574. The minimum absolute atomic E-state index is 0.281. The molecule has 0 unspecified atom stereocenters. The first-order chi connectivity index (χ1) is 10.8. The molecule has 1 aliphatic rings. The fraction of sp³-hybridized carbons (Fsp3) is 0.857. The highest BCUT2D eigenvalue weighted by Gasteiger charge is 2.48. The Kier molecular flexibility index (Phi) is 6.48. The van der Waals surface area contributed by atoms with Gasteiger partial charge in [-0.2, -0.15) is 0 Å². The summed E-state index contributed by atoms with van der Waals surface area (Å²) in [5.74, 6) is -4.71. The fourth-order valence-corrected chi connectivity index (χ4v) is 2.34. The summed E-state index contributed by atoms with van der Waals surface area (Å²) in [6.45, 7) is 4.36. The number of alkyl halides is 2. The molecule has 0 aromatic rings. The number of piperidine rings is 1. The van der Waals surface area contributed by atoms with Gasteiger partial charge in [0.2, 0.25) is 0 Å². The van der Waals surface area contributed by atoms with Crippen LogP contribution < -0.4 is 5.32 Å². The van der Waals surface area contributed by atoms with Crippen molar-refractivity contribution in [1.82, 2.24) is 10.2 Å². The van der Waals surface area contributed by atoms with Gasteiger partial charge in [0, 0.05) is 13.0 Å². The molecule has 0 aliphatic carbocycles. The number of aliphatic hydroxyl groups is 2. The molecular weight excluding hydrogens is 330 g/mol. The van der Waals surface area contributed by atoms with Gasteiger partial charge in [0.15, 0.2) is 6.23 Å². The van der Waals surface area contributed by atoms with E-state index in [1.165, 1.54) is 0 Å². The number of alkyl carbamates (subject to hydrolysis) is 1. The molecule has 1 heterocycles. The maximum atomic E-state index is 13.6. The van der Waals surface area contributed by atoms with E-state index >= 15 is 0 Å². The average Bonchev–Trinajstić information content (AvgIpc) is 2.36. The van der Waals surface area contributed by atoms with Crippen LogP contribution in [0.3, 0.4) is 0 Å². The molecule has 3 atom stereocenters. The minimum atomic E-state index is -3.43. The Labute approximate surface area is 138 Å². The van der Waals surface area contributed by atoms with E-state index in [0.29, 0.717) is 4.90 Å². The SMILES string of the molecule is CC(C)(C)OC(=O)N[C@@H](CC(=O)O)CN1[C@@H](O)C(F)(F)CC[C@@H]1O. The Bertz CT molecular complexity index is 469. The first kappa shape index (κ1) is 20.5. The Morgan fingerprint density at radius 2 is 1.96 bits per heavy atom. The van der Waals surface area contributed by atoms with E-state index in [1.54, 1.807) is 20.8 Å². The van der Waals surface area contributed by atoms with E-state index in [-0.39, 0.29) is 6.42 Å². The summed E-state index contributed by atoms with van der Waals surface area (Å²) in [6, 6.07) is -1.13. The van der Waals surface area contributed by atoms with Crippen molar-refractivity contribution in [2.75, 3.05) is 6.54 Å². The molecule has 10 heteroatoms. The van der Waals surface area contributed by atoms with E-state index < -0.39 is 61.5 Å². The minimum Gasteiger partial charge on any atom is -0.481 e. The van der Waals surface area contributed by atoms with E-state index in [1.807, 2.05) is 0 Å². The van der Waals surface area contributed by atoms with Crippen LogP contribution in [0.25, 0.3) is 0 Å². The molecule has 1 amide bonds. The second-order valence-electron chi connectivity index (χ2n) is 6.79. The van der Waals surface area contributed by atoms with Crippen molar-refractivity contribution in [2.45, 2.75) is 70.1 Å². The van der Waals surface area contributed by atoms with E-state index in [9.17, 15) is 28.6 Å². The van der Waals surface area contributed by atoms with Gasteiger partial charge in [-0.25, -0.2) is 18.5 Å². The van der Waals surface area contributed by atoms with E-state index in [4.69, 9.17) is 9.84 Å². The van der Waals surface area contributed by atoms with Crippen molar-refractivity contribution in [3.05, 3.63) is 0 Å². The highest BCUT2D eigenvalue weighted by atomic mass is 19.3. The van der Waals surface area contributed by atoms with Crippen LogP contribution in [0, 0.1) is 0 Å². The van der Waals surface area contributed by atoms with Crippen LogP contribution in [0.5, 0.6) is 0 Å². The summed E-state index contributed by atoms with van der Waals surface area (Å²) in [6.07, 6.45) is -6.10. The van der Waals surface area contributed by atoms with Crippen molar-refractivity contribution >= 4 is 12.1 Å². The summed E-state index contributed by atoms with van der Waals surface area (Å²) in [5.41, 5.74) is -0.824. The molecule has 1 aliphatic heterocycles. The molecule has 0 spiro atoms. The molecule has 1 rings (SSSR count). The zero-order valence-corrected chi connectivity index (χ0v) is 13.8. The Morgan fingerprint density at radius 3 is 2.46 bits per heavy atom. The first-order valence-electron chi connectivity index (χ1n) is 7.53. The summed E-state index contributed by atoms with van der Waals surface area (Å²) in [5, 5.41) is 30.7. The van der Waals surface area contributed by atoms with Gasteiger partial charge in [-0.3, -0.25) is 4.79 Å². The largest absolute Gasteiger partial charge is 0.481 e. The standard InChI is InChI=1S/C14H24F2N2O6/c1-13(2,3)24-12(23)17-8(6-10(20)21)7-18-9(19)4-5-14(15,16)11(18)22/h8-9,11,19,22H,4-7H2,1-3H3,(H,17,23)(H,20,21)/t8-,9-,11-/m0/s1. The summed E-state index contributed by atoms with van der Waals surface area (Å²) >= 11 is 0. The van der Waals surface area contributed by atoms with Gasteiger partial charge in [-0.15, -0.1) is 0 Å². The fourth-order valence-electron chi connectivity index (χ4n) is 2.34. The molecule has 24 heavy (non-hydrogen) atoms. The Balaban J connectivity index is 2.81. The molecule has 0 aromatic heterocycles. The third-order valence-corrected chi connectivity index (χ3v) is 3.38. The van der Waals surface area contributed by atoms with Crippen LogP contribution in [-0.4, -0.2) is 68.8 Å². The van der Waals surface area contributed by atoms with Gasteiger partial charge in [0.25, 0.3) is 5.92 Å². The molecule has 4 N–H and O–H groups in total. The van der Waals surface area contributed by atoms with Crippen LogP contribution in [0.1, 0.15) is 40.0 Å². The Morgan fingerprint density at radius 1 is 1.38 bits per heavy atom. The highest BCUT2D eigenvalue weighted by molar-refractivity contribution is 5.71. The first-order valence-corrected chi connectivity index (χ1v) is 7.53. The molecule has 0 bridgehead atoms. The number of amides is 1. The van der Waals surface area contributed by atoms with Gasteiger partial charge >= 0.3 is 12.1 Å². The lowest BCUT2D eigenvalue weighted by Gasteiger charge is -2.42. The number of nitrogens with zero attached hydrogens (tertiary/aromatic N) is 1. The van der Waals surface area contributed by atoms with Gasteiger partial charge in [0.05, 0.1) is 12.5 Å². The molecule has 1 fully saturated rings. The van der Waals surface area contributed by atoms with Crippen molar-refractivity contribution < 1.29 is 38.4 Å². The topological polar surface area (TPSA) is 119 Å². The molecule has 8 nitrogen and oxygen atoms in total. The molecule has 0 saturated carbocycles. The normalized spacial score (nSPS) is 25.8. The number of carbonyl (C=O) groups excluding carboxylic acids is 1. The lowest BCUT2D eigenvalue weighted by atomic mass is 10.0. The lowest BCUT2D eigenvalue weighted by Crippen LogP contribution is -2.60. The lowest BCUT2D eigenvalue weighted by molar-refractivity contribution is -0.246. The van der Waals surface area contributed by atoms with Crippen LogP contribution in [0.4, 0.5) is 13.6 Å². The van der Waals surface area contributed by atoms with Crippen LogP contribution >= 0.6 is 0 Å². The number of aliphatic hydroxyl groups excluding tert-OH is 2. The molecule has 140 valence electrons. The Hall–Kier alpha value is -1.52. The van der Waals surface area contributed by atoms with Crippen LogP contribution in [-0.2, 0) is 9.53 Å². The number of carboxylic acid groups (broad SMARTS) is 1. The maximum absolute atomic E-state index is 13.6. The number of rotatable bonds is 5. The summed E-state index contributed by atoms with van der Waals surface area (Å²) in [4.78, 5) is 23.4. The zero-order chi connectivity index (χ0) is 18.7. The maximum Gasteiger partial charge on any atom is 0.407 e. The van der Waals surface area contributed by atoms with Crippen molar-refractivity contribution in [1.29, 1.82) is 0 Å². The summed E-state index contributed by atoms with van der Waals surface area (Å²) in [7, 11) is 0. The van der Waals surface area contributed by atoms with Crippen LogP contribution in [0.2, 0.25) is 0 Å². The van der Waals surface area contributed by atoms with Crippen molar-refractivity contribution in [2.24, 2.45) is 0 Å². The van der Waals surface area contributed by atoms with Gasteiger partial charge in [0.1, 0.15) is 11.8 Å². The number of hydrogen-bond donors (Lipinski definition) is 4. The third-order valence-electron chi connectivity index (χ3n) is 3.38. The van der Waals surface area contributed by atoms with Gasteiger partial charge < -0.3 is 25.4 Å². The summed E-state index contributed by atoms with van der Waals surface area (Å²) < 4.78 is 32.2. The number of halogens is 2. The van der Waals surface area contributed by atoms with Gasteiger partial charge in [-0.05, 0) is 27.2 Å². The third kappa shape index (κ3) is 6.17. The number of carboxylic acids is 1. The second-order valence-corrected chi connectivity index (χ2v) is 6.79. The molecule has 1 saturated heterocycles. The second kappa shape index (κ2) is 7.58.